The third-order valence-corrected chi connectivity index (χ3v) is 5.16. The molecule has 0 saturated carbocycles. The van der Waals surface area contributed by atoms with Crippen LogP contribution >= 0.6 is 0 Å². The molecule has 0 aromatic carbocycles. The minimum atomic E-state index is -3.16. The van der Waals surface area contributed by atoms with Crippen LogP contribution in [0.4, 0.5) is 0 Å². The van der Waals surface area contributed by atoms with Gasteiger partial charge in [-0.2, -0.15) is 0 Å². The number of aliphatic hydroxyl groups is 1. The molecule has 1 rings (SSSR count). The van der Waals surface area contributed by atoms with Crippen LogP contribution in [-0.2, 0) is 28.9 Å². The number of nitrogens with zero attached hydrogens (tertiary/aromatic N) is 1. The van der Waals surface area contributed by atoms with Crippen LogP contribution in [0, 0.1) is 0 Å². The fourth-order valence-electron chi connectivity index (χ4n) is 2.27. The van der Waals surface area contributed by atoms with E-state index >= 15 is 0 Å². The minimum absolute atomic E-state index is 0.0189. The van der Waals surface area contributed by atoms with Crippen LogP contribution in [-0.4, -0.2) is 94.4 Å². The largest absolute Gasteiger partial charge is 0.394 e. The van der Waals surface area contributed by atoms with Gasteiger partial charge in [0, 0.05) is 26.2 Å². The molecule has 1 aliphatic heterocycles. The van der Waals surface area contributed by atoms with Gasteiger partial charge in [0.2, 0.25) is 0 Å². The van der Waals surface area contributed by atoms with Gasteiger partial charge in [0.15, 0.2) is 9.84 Å². The number of carbonyl (C=O) groups is 2. The molecular weight excluding hydrogens is 328 g/mol. The van der Waals surface area contributed by atoms with Crippen LogP contribution in [0.25, 0.3) is 0 Å². The molecule has 2 amide bonds. The predicted octanol–water partition coefficient (Wildman–Crippen LogP) is -2.23. The Kier molecular flexibility index (Phi) is 8.45. The summed E-state index contributed by atoms with van der Waals surface area (Å²) in [4.78, 5) is 25.4. The maximum Gasteiger partial charge on any atom is 0.312 e. The highest BCUT2D eigenvalue weighted by Crippen LogP contribution is 2.17. The van der Waals surface area contributed by atoms with Crippen LogP contribution in [0.2, 0.25) is 0 Å². The Morgan fingerprint density at radius 2 is 2.04 bits per heavy atom. The number of rotatable bonds is 9. The lowest BCUT2D eigenvalue weighted by Crippen LogP contribution is -2.50. The maximum atomic E-state index is 12.2. The topological polar surface area (TPSA) is 122 Å². The lowest BCUT2D eigenvalue weighted by Gasteiger charge is -2.27. The molecule has 23 heavy (non-hydrogen) atoms. The van der Waals surface area contributed by atoms with Gasteiger partial charge in [0.05, 0.1) is 37.9 Å². The highest BCUT2D eigenvalue weighted by atomic mass is 32.2. The van der Waals surface area contributed by atoms with Crippen LogP contribution in [0.15, 0.2) is 0 Å². The van der Waals surface area contributed by atoms with E-state index in [-0.39, 0.29) is 51.0 Å². The van der Waals surface area contributed by atoms with Gasteiger partial charge in [-0.25, -0.2) is 8.42 Å². The molecule has 134 valence electrons. The Bertz CT molecular complexity index is 495. The van der Waals surface area contributed by atoms with Gasteiger partial charge in [-0.15, -0.1) is 0 Å². The SMILES string of the molecule is COCCN(C(=O)C(=O)NCCOCCO)C1CCS(=O)(=O)C1. The molecule has 0 spiro atoms. The zero-order valence-electron chi connectivity index (χ0n) is 13.2. The number of amides is 2. The normalized spacial score (nSPS) is 19.5. The van der Waals surface area contributed by atoms with Gasteiger partial charge < -0.3 is 24.8 Å². The number of carbonyl (C=O) groups excluding carboxylic acids is 2. The Hall–Kier alpha value is -1.23. The maximum absolute atomic E-state index is 12.2. The summed E-state index contributed by atoms with van der Waals surface area (Å²) in [6, 6.07) is -0.501. The van der Waals surface area contributed by atoms with Gasteiger partial charge >= 0.3 is 11.8 Å². The molecule has 0 radical (unpaired) electrons. The zero-order chi connectivity index (χ0) is 17.3. The van der Waals surface area contributed by atoms with Crippen LogP contribution in [0.3, 0.4) is 0 Å². The third-order valence-electron chi connectivity index (χ3n) is 3.41. The molecule has 1 unspecified atom stereocenters. The first-order valence-corrected chi connectivity index (χ1v) is 9.20. The molecule has 0 aliphatic carbocycles. The van der Waals surface area contributed by atoms with Gasteiger partial charge in [-0.05, 0) is 6.42 Å². The number of ether oxygens (including phenoxy) is 2. The Morgan fingerprint density at radius 1 is 1.30 bits per heavy atom. The van der Waals surface area contributed by atoms with Crippen molar-refractivity contribution in [2.45, 2.75) is 12.5 Å². The highest BCUT2D eigenvalue weighted by Gasteiger charge is 2.36. The van der Waals surface area contributed by atoms with E-state index < -0.39 is 27.7 Å². The molecule has 10 heteroatoms. The molecule has 2 N–H and O–H groups in total. The van der Waals surface area contributed by atoms with Crippen molar-refractivity contribution >= 4 is 21.7 Å². The smallest absolute Gasteiger partial charge is 0.312 e. The van der Waals surface area contributed by atoms with E-state index in [9.17, 15) is 18.0 Å². The predicted molar refractivity (Wildman–Crippen MR) is 81.6 cm³/mol. The second-order valence-corrected chi connectivity index (χ2v) is 7.37. The molecule has 1 saturated heterocycles. The summed E-state index contributed by atoms with van der Waals surface area (Å²) < 4.78 is 33.1. The first-order chi connectivity index (χ1) is 10.9. The number of sulfone groups is 1. The number of hydrogen-bond donors (Lipinski definition) is 2. The van der Waals surface area contributed by atoms with E-state index in [0.29, 0.717) is 6.42 Å². The fraction of sp³-hybridized carbons (Fsp3) is 0.846. The molecule has 9 nitrogen and oxygen atoms in total. The van der Waals surface area contributed by atoms with E-state index in [2.05, 4.69) is 5.32 Å². The highest BCUT2D eigenvalue weighted by molar-refractivity contribution is 7.91. The standard InChI is InChI=1S/C13H24N2O7S/c1-21-7-4-15(11-2-9-23(19,20)10-11)13(18)12(17)14-3-6-22-8-5-16/h11,16H,2-10H2,1H3,(H,14,17). The van der Waals surface area contributed by atoms with Gasteiger partial charge in [0.25, 0.3) is 0 Å². The minimum Gasteiger partial charge on any atom is -0.394 e. The van der Waals surface area contributed by atoms with E-state index in [0.717, 1.165) is 0 Å². The quantitative estimate of drug-likeness (QED) is 0.356. The van der Waals surface area contributed by atoms with Crippen molar-refractivity contribution in [3.63, 3.8) is 0 Å². The van der Waals surface area contributed by atoms with Crippen molar-refractivity contribution in [3.8, 4) is 0 Å². The summed E-state index contributed by atoms with van der Waals surface area (Å²) >= 11 is 0. The Balaban J connectivity index is 2.56. The monoisotopic (exact) mass is 352 g/mol. The second-order valence-electron chi connectivity index (χ2n) is 5.14. The van der Waals surface area contributed by atoms with E-state index in [1.807, 2.05) is 0 Å². The van der Waals surface area contributed by atoms with Crippen molar-refractivity contribution in [1.82, 2.24) is 10.2 Å². The Morgan fingerprint density at radius 3 is 2.61 bits per heavy atom. The summed E-state index contributed by atoms with van der Waals surface area (Å²) in [5.74, 6) is -1.69. The van der Waals surface area contributed by atoms with Crippen molar-refractivity contribution in [2.75, 3.05) is 58.1 Å². The number of nitrogens with one attached hydrogen (secondary N) is 1. The van der Waals surface area contributed by atoms with E-state index in [1.165, 1.54) is 12.0 Å². The summed E-state index contributed by atoms with van der Waals surface area (Å²) in [7, 11) is -1.70. The average molecular weight is 352 g/mol. The van der Waals surface area contributed by atoms with Gasteiger partial charge in [-0.1, -0.05) is 0 Å². The van der Waals surface area contributed by atoms with E-state index in [1.54, 1.807) is 0 Å². The molecule has 0 bridgehead atoms. The number of hydrogen-bond acceptors (Lipinski definition) is 7. The number of aliphatic hydroxyl groups excluding tert-OH is 1. The third kappa shape index (κ3) is 6.81. The lowest BCUT2D eigenvalue weighted by molar-refractivity contribution is -0.147. The first-order valence-electron chi connectivity index (χ1n) is 7.38. The van der Waals surface area contributed by atoms with Crippen LogP contribution in [0.5, 0.6) is 0 Å². The molecule has 1 fully saturated rings. The number of methoxy groups -OCH3 is 1. The van der Waals surface area contributed by atoms with Crippen molar-refractivity contribution in [1.29, 1.82) is 0 Å². The molecule has 0 aromatic heterocycles. The molecule has 1 heterocycles. The fourth-order valence-corrected chi connectivity index (χ4v) is 4.00. The van der Waals surface area contributed by atoms with E-state index in [4.69, 9.17) is 14.6 Å². The van der Waals surface area contributed by atoms with Crippen molar-refractivity contribution in [2.24, 2.45) is 0 Å². The molecule has 1 atom stereocenters. The summed E-state index contributed by atoms with van der Waals surface area (Å²) in [5, 5.41) is 11.0. The van der Waals surface area contributed by atoms with Crippen molar-refractivity contribution in [3.05, 3.63) is 0 Å². The van der Waals surface area contributed by atoms with Crippen LogP contribution < -0.4 is 5.32 Å². The first kappa shape index (κ1) is 19.8. The van der Waals surface area contributed by atoms with Gasteiger partial charge in [-0.3, -0.25) is 9.59 Å². The zero-order valence-corrected chi connectivity index (χ0v) is 14.0. The second kappa shape index (κ2) is 9.81. The van der Waals surface area contributed by atoms with Crippen molar-refractivity contribution < 1.29 is 32.6 Å². The molecule has 0 aromatic rings. The molecule has 1 aliphatic rings. The average Bonchev–Trinajstić information content (AvgIpc) is 2.87. The summed E-state index contributed by atoms with van der Waals surface area (Å²) in [5.41, 5.74) is 0. The Labute approximate surface area is 135 Å². The van der Waals surface area contributed by atoms with Crippen LogP contribution in [0.1, 0.15) is 6.42 Å². The lowest BCUT2D eigenvalue weighted by atomic mass is 10.2. The molecular formula is C13H24N2O7S. The summed E-state index contributed by atoms with van der Waals surface area (Å²) in [6.45, 7) is 0.720. The van der Waals surface area contributed by atoms with Gasteiger partial charge in [0.1, 0.15) is 0 Å². The summed E-state index contributed by atoms with van der Waals surface area (Å²) in [6.07, 6.45) is 0.324.